The van der Waals surface area contributed by atoms with E-state index in [1.54, 1.807) is 6.07 Å². The lowest BCUT2D eigenvalue weighted by Crippen LogP contribution is -2.29. The fourth-order valence-corrected chi connectivity index (χ4v) is 3.85. The van der Waals surface area contributed by atoms with Crippen molar-refractivity contribution in [1.29, 1.82) is 0 Å². The number of pyridine rings is 1. The molecular weight excluding hydrogens is 409 g/mol. The van der Waals surface area contributed by atoms with Crippen molar-refractivity contribution in [3.8, 4) is 0 Å². The standard InChI is InChI=1S/C18H19Cl2N3O3S/c1-3-27(25,26)23(2)17-9-15(16(20)10-21-17)18(24)22-14-7-12(11-4-5-11)6-13(19)8-14/h6-11H,3-5H2,1-2H3,(H,22,24). The lowest BCUT2D eigenvalue weighted by atomic mass is 10.1. The molecule has 0 aliphatic heterocycles. The number of amides is 1. The summed E-state index contributed by atoms with van der Waals surface area (Å²) in [6, 6.07) is 6.81. The van der Waals surface area contributed by atoms with Crippen LogP contribution in [-0.4, -0.2) is 32.1 Å². The highest BCUT2D eigenvalue weighted by Gasteiger charge is 2.25. The molecule has 0 unspecified atom stereocenters. The highest BCUT2D eigenvalue weighted by atomic mass is 35.5. The van der Waals surface area contributed by atoms with E-state index in [4.69, 9.17) is 23.2 Å². The lowest BCUT2D eigenvalue weighted by molar-refractivity contribution is 0.102. The first-order chi connectivity index (χ1) is 12.7. The summed E-state index contributed by atoms with van der Waals surface area (Å²) in [4.78, 5) is 16.7. The van der Waals surface area contributed by atoms with Crippen molar-refractivity contribution in [2.45, 2.75) is 25.7 Å². The Labute approximate surface area is 168 Å². The predicted molar refractivity (Wildman–Crippen MR) is 108 cm³/mol. The van der Waals surface area contributed by atoms with E-state index in [0.717, 1.165) is 22.7 Å². The second-order valence-electron chi connectivity index (χ2n) is 6.39. The van der Waals surface area contributed by atoms with Gasteiger partial charge in [0.25, 0.3) is 5.91 Å². The van der Waals surface area contributed by atoms with Gasteiger partial charge < -0.3 is 5.32 Å². The average molecular weight is 428 g/mol. The van der Waals surface area contributed by atoms with Crippen molar-refractivity contribution in [3.05, 3.63) is 51.6 Å². The van der Waals surface area contributed by atoms with Gasteiger partial charge in [-0.25, -0.2) is 13.4 Å². The molecule has 144 valence electrons. The summed E-state index contributed by atoms with van der Waals surface area (Å²) in [5.74, 6) is 0.0661. The number of halogens is 2. The largest absolute Gasteiger partial charge is 0.322 e. The van der Waals surface area contributed by atoms with Gasteiger partial charge in [0, 0.05) is 24.0 Å². The second-order valence-corrected chi connectivity index (χ2v) is 9.52. The highest BCUT2D eigenvalue weighted by molar-refractivity contribution is 7.92. The quantitative estimate of drug-likeness (QED) is 0.744. The first-order valence-corrected chi connectivity index (χ1v) is 10.8. The molecule has 1 amide bonds. The molecule has 0 radical (unpaired) electrons. The summed E-state index contributed by atoms with van der Waals surface area (Å²) in [5, 5.41) is 3.45. The van der Waals surface area contributed by atoms with Crippen LogP contribution in [0.5, 0.6) is 0 Å². The number of nitrogens with one attached hydrogen (secondary N) is 1. The van der Waals surface area contributed by atoms with Crippen LogP contribution in [0.25, 0.3) is 0 Å². The Bertz CT molecular complexity index is 991. The number of nitrogens with zero attached hydrogens (tertiary/aromatic N) is 2. The van der Waals surface area contributed by atoms with Gasteiger partial charge in [0.05, 0.1) is 16.3 Å². The highest BCUT2D eigenvalue weighted by Crippen LogP contribution is 2.42. The van der Waals surface area contributed by atoms with E-state index in [2.05, 4.69) is 10.3 Å². The van der Waals surface area contributed by atoms with Gasteiger partial charge in [0.1, 0.15) is 5.82 Å². The van der Waals surface area contributed by atoms with Crippen LogP contribution in [-0.2, 0) is 10.0 Å². The third kappa shape index (κ3) is 4.54. The molecule has 1 aliphatic rings. The number of anilines is 2. The lowest BCUT2D eigenvalue weighted by Gasteiger charge is -2.18. The molecule has 1 N–H and O–H groups in total. The summed E-state index contributed by atoms with van der Waals surface area (Å²) in [7, 11) is -2.12. The molecule has 1 fully saturated rings. The van der Waals surface area contributed by atoms with Gasteiger partial charge in [-0.15, -0.1) is 0 Å². The van der Waals surface area contributed by atoms with E-state index < -0.39 is 15.9 Å². The summed E-state index contributed by atoms with van der Waals surface area (Å²) < 4.78 is 25.1. The Morgan fingerprint density at radius 1 is 1.26 bits per heavy atom. The first kappa shape index (κ1) is 19.9. The zero-order valence-electron chi connectivity index (χ0n) is 14.9. The maximum Gasteiger partial charge on any atom is 0.257 e. The molecule has 3 rings (SSSR count). The molecule has 1 saturated carbocycles. The smallest absolute Gasteiger partial charge is 0.257 e. The normalized spacial score (nSPS) is 14.1. The van der Waals surface area contributed by atoms with Crippen molar-refractivity contribution in [1.82, 2.24) is 4.98 Å². The van der Waals surface area contributed by atoms with Crippen LogP contribution in [0.2, 0.25) is 10.0 Å². The maximum absolute atomic E-state index is 12.7. The third-order valence-corrected chi connectivity index (χ3v) is 6.69. The number of hydrogen-bond acceptors (Lipinski definition) is 4. The Kier molecular flexibility index (Phi) is 5.65. The van der Waals surface area contributed by atoms with Crippen molar-refractivity contribution >= 4 is 50.6 Å². The van der Waals surface area contributed by atoms with Gasteiger partial charge in [-0.2, -0.15) is 0 Å². The van der Waals surface area contributed by atoms with E-state index in [0.29, 0.717) is 16.6 Å². The van der Waals surface area contributed by atoms with Crippen molar-refractivity contribution in [2.75, 3.05) is 22.4 Å². The van der Waals surface area contributed by atoms with Crippen LogP contribution in [0.15, 0.2) is 30.5 Å². The molecule has 0 atom stereocenters. The summed E-state index contributed by atoms with van der Waals surface area (Å²) in [5.41, 5.74) is 1.79. The SMILES string of the molecule is CCS(=O)(=O)N(C)c1cc(C(=O)Nc2cc(Cl)cc(C3CC3)c2)c(Cl)cn1. The van der Waals surface area contributed by atoms with Crippen LogP contribution in [0.4, 0.5) is 11.5 Å². The third-order valence-electron chi connectivity index (χ3n) is 4.42. The molecule has 1 aliphatic carbocycles. The van der Waals surface area contributed by atoms with Gasteiger partial charge in [-0.1, -0.05) is 23.2 Å². The molecule has 27 heavy (non-hydrogen) atoms. The number of rotatable bonds is 6. The monoisotopic (exact) mass is 427 g/mol. The van der Waals surface area contributed by atoms with E-state index in [9.17, 15) is 13.2 Å². The van der Waals surface area contributed by atoms with E-state index in [1.165, 1.54) is 26.2 Å². The van der Waals surface area contributed by atoms with Gasteiger partial charge in [0.15, 0.2) is 0 Å². The Morgan fingerprint density at radius 2 is 1.96 bits per heavy atom. The zero-order chi connectivity index (χ0) is 19.8. The van der Waals surface area contributed by atoms with E-state index >= 15 is 0 Å². The van der Waals surface area contributed by atoms with Crippen molar-refractivity contribution < 1.29 is 13.2 Å². The Balaban J connectivity index is 1.87. The van der Waals surface area contributed by atoms with Gasteiger partial charge in [-0.3, -0.25) is 9.10 Å². The number of carbonyl (C=O) groups is 1. The average Bonchev–Trinajstić information content (AvgIpc) is 3.46. The summed E-state index contributed by atoms with van der Waals surface area (Å²) in [6.07, 6.45) is 3.50. The minimum atomic E-state index is -3.50. The number of aromatic nitrogens is 1. The topological polar surface area (TPSA) is 79.4 Å². The predicted octanol–water partition coefficient (Wildman–Crippen LogP) is 4.30. The van der Waals surface area contributed by atoms with Crippen LogP contribution in [0, 0.1) is 0 Å². The fraction of sp³-hybridized carbons (Fsp3) is 0.333. The van der Waals surface area contributed by atoms with Gasteiger partial charge in [-0.05, 0) is 55.5 Å². The van der Waals surface area contributed by atoms with Gasteiger partial charge >= 0.3 is 0 Å². The second kappa shape index (κ2) is 7.66. The van der Waals surface area contributed by atoms with Crippen LogP contribution >= 0.6 is 23.2 Å². The maximum atomic E-state index is 12.7. The van der Waals surface area contributed by atoms with Crippen LogP contribution in [0.3, 0.4) is 0 Å². The molecule has 0 saturated heterocycles. The molecule has 1 aromatic carbocycles. The molecule has 6 nitrogen and oxygen atoms in total. The molecule has 0 bridgehead atoms. The van der Waals surface area contributed by atoms with Gasteiger partial charge in [0.2, 0.25) is 10.0 Å². The number of benzene rings is 1. The molecule has 2 aromatic rings. The fourth-order valence-electron chi connectivity index (χ4n) is 2.65. The molecule has 9 heteroatoms. The molecular formula is C18H19Cl2N3O3S. The van der Waals surface area contributed by atoms with E-state index in [-0.39, 0.29) is 22.2 Å². The minimum Gasteiger partial charge on any atom is -0.322 e. The minimum absolute atomic E-state index is 0.0816. The first-order valence-electron chi connectivity index (χ1n) is 8.45. The van der Waals surface area contributed by atoms with Crippen LogP contribution < -0.4 is 9.62 Å². The zero-order valence-corrected chi connectivity index (χ0v) is 17.2. The van der Waals surface area contributed by atoms with E-state index in [1.807, 2.05) is 12.1 Å². The van der Waals surface area contributed by atoms with Crippen molar-refractivity contribution in [3.63, 3.8) is 0 Å². The molecule has 0 spiro atoms. The molecule has 1 aromatic heterocycles. The van der Waals surface area contributed by atoms with Crippen LogP contribution in [0.1, 0.15) is 41.6 Å². The Hall–Kier alpha value is -1.83. The molecule has 1 heterocycles. The van der Waals surface area contributed by atoms with Crippen molar-refractivity contribution in [2.24, 2.45) is 0 Å². The number of sulfonamides is 1. The number of carbonyl (C=O) groups excluding carboxylic acids is 1. The summed E-state index contributed by atoms with van der Waals surface area (Å²) >= 11 is 12.3. The summed E-state index contributed by atoms with van der Waals surface area (Å²) in [6.45, 7) is 1.53. The Morgan fingerprint density at radius 3 is 2.59 bits per heavy atom. The number of hydrogen-bond donors (Lipinski definition) is 1.